The summed E-state index contributed by atoms with van der Waals surface area (Å²) in [6.45, 7) is -0.0433. The number of benzene rings is 1. The molecule has 148 valence electrons. The third kappa shape index (κ3) is 6.48. The van der Waals surface area contributed by atoms with Crippen molar-refractivity contribution in [3.63, 3.8) is 0 Å². The second-order valence-corrected chi connectivity index (χ2v) is 8.52. The first kappa shape index (κ1) is 21.1. The number of nitrogens with zero attached hydrogens (tertiary/aromatic N) is 1. The molecule has 1 N–H and O–H groups in total. The minimum absolute atomic E-state index is 0.214. The molecule has 0 unspecified atom stereocenters. The lowest BCUT2D eigenvalue weighted by Gasteiger charge is -2.21. The fourth-order valence-corrected chi connectivity index (χ4v) is 3.77. The normalized spacial score (nSPS) is 14.6. The van der Waals surface area contributed by atoms with Crippen molar-refractivity contribution in [1.82, 2.24) is 4.31 Å². The van der Waals surface area contributed by atoms with Gasteiger partial charge in [-0.25, -0.2) is 13.2 Å². The third-order valence-electron chi connectivity index (χ3n) is 4.46. The first-order valence-electron chi connectivity index (χ1n) is 8.91. The molecule has 0 spiro atoms. The van der Waals surface area contributed by atoms with Gasteiger partial charge in [-0.05, 0) is 44.2 Å². The van der Waals surface area contributed by atoms with E-state index in [1.54, 1.807) is 18.2 Å². The zero-order valence-electron chi connectivity index (χ0n) is 15.7. The van der Waals surface area contributed by atoms with E-state index in [9.17, 15) is 18.0 Å². The second kappa shape index (κ2) is 9.66. The van der Waals surface area contributed by atoms with Crippen LogP contribution in [0.1, 0.15) is 42.5 Å². The molecule has 0 radical (unpaired) electrons. The van der Waals surface area contributed by atoms with Crippen molar-refractivity contribution in [3.05, 3.63) is 41.5 Å². The van der Waals surface area contributed by atoms with E-state index in [-0.39, 0.29) is 24.3 Å². The van der Waals surface area contributed by atoms with Gasteiger partial charge in [0.2, 0.25) is 15.9 Å². The predicted octanol–water partition coefficient (Wildman–Crippen LogP) is 2.56. The van der Waals surface area contributed by atoms with E-state index >= 15 is 0 Å². The van der Waals surface area contributed by atoms with Crippen LogP contribution in [0, 0.1) is 0 Å². The maximum absolute atomic E-state index is 12.4. The molecule has 0 saturated carbocycles. The zero-order chi connectivity index (χ0) is 19.9. The molecule has 0 saturated heterocycles. The van der Waals surface area contributed by atoms with E-state index in [0.29, 0.717) is 6.42 Å². The van der Waals surface area contributed by atoms with Crippen LogP contribution in [0.25, 0.3) is 0 Å². The Morgan fingerprint density at radius 2 is 1.96 bits per heavy atom. The van der Waals surface area contributed by atoms with Gasteiger partial charge in [-0.2, -0.15) is 4.31 Å². The van der Waals surface area contributed by atoms with Crippen LogP contribution < -0.4 is 5.32 Å². The van der Waals surface area contributed by atoms with Crippen LogP contribution in [-0.2, 0) is 19.6 Å². The number of hydrogen-bond acceptors (Lipinski definition) is 5. The van der Waals surface area contributed by atoms with Crippen LogP contribution in [0.4, 0.5) is 5.69 Å². The van der Waals surface area contributed by atoms with E-state index in [1.165, 1.54) is 29.5 Å². The molecule has 0 fully saturated rings. The Balaban J connectivity index is 2.04. The Hall–Kier alpha value is -2.19. The first-order chi connectivity index (χ1) is 12.8. The van der Waals surface area contributed by atoms with Gasteiger partial charge >= 0.3 is 5.97 Å². The maximum atomic E-state index is 12.4. The first-order valence-corrected chi connectivity index (χ1v) is 10.8. The van der Waals surface area contributed by atoms with Crippen LogP contribution in [0.2, 0.25) is 0 Å². The fourth-order valence-electron chi connectivity index (χ4n) is 2.99. The van der Waals surface area contributed by atoms with Crippen molar-refractivity contribution >= 4 is 27.6 Å². The average Bonchev–Trinajstić information content (AvgIpc) is 2.65. The lowest BCUT2D eigenvalue weighted by molar-refractivity contribution is -0.116. The molecular formula is C19H26N2O5S. The molecule has 0 bridgehead atoms. The fraction of sp³-hybridized carbons (Fsp3) is 0.474. The zero-order valence-corrected chi connectivity index (χ0v) is 16.5. The molecule has 1 amide bonds. The van der Waals surface area contributed by atoms with Crippen molar-refractivity contribution in [1.29, 1.82) is 0 Å². The summed E-state index contributed by atoms with van der Waals surface area (Å²) in [5.41, 5.74) is 1.75. The summed E-state index contributed by atoms with van der Waals surface area (Å²) in [6, 6.07) is 6.43. The Labute approximate surface area is 160 Å². The van der Waals surface area contributed by atoms with Crippen LogP contribution in [0.3, 0.4) is 0 Å². The Morgan fingerprint density at radius 3 is 2.59 bits per heavy atom. The number of sulfonamides is 1. The number of anilines is 1. The van der Waals surface area contributed by atoms with Crippen LogP contribution in [-0.4, -0.2) is 51.1 Å². The smallest absolute Gasteiger partial charge is 0.339 e. The molecule has 0 heterocycles. The highest BCUT2D eigenvalue weighted by molar-refractivity contribution is 7.88. The molecule has 7 nitrogen and oxygen atoms in total. The number of carbonyl (C=O) groups is 2. The molecule has 1 aromatic rings. The molecule has 0 aromatic heterocycles. The van der Waals surface area contributed by atoms with E-state index in [0.717, 1.165) is 25.5 Å². The minimum atomic E-state index is -3.53. The lowest BCUT2D eigenvalue weighted by Crippen LogP contribution is -2.38. The topological polar surface area (TPSA) is 92.8 Å². The molecule has 1 aliphatic rings. The van der Waals surface area contributed by atoms with Gasteiger partial charge in [0.15, 0.2) is 0 Å². The number of amides is 1. The SMILES string of the molecule is COC(=O)c1ccccc1NC(=O)CN(CCC1=CCCCC1)S(C)(=O)=O. The van der Waals surface area contributed by atoms with Crippen molar-refractivity contribution < 1.29 is 22.7 Å². The Kier molecular flexibility index (Phi) is 7.55. The van der Waals surface area contributed by atoms with Crippen molar-refractivity contribution in [3.8, 4) is 0 Å². The van der Waals surface area contributed by atoms with Gasteiger partial charge in [-0.1, -0.05) is 23.8 Å². The average molecular weight is 394 g/mol. The van der Waals surface area contributed by atoms with Gasteiger partial charge in [-0.3, -0.25) is 4.79 Å². The number of ether oxygens (including phenoxy) is 1. The van der Waals surface area contributed by atoms with Gasteiger partial charge in [0.05, 0.1) is 31.2 Å². The van der Waals surface area contributed by atoms with Crippen molar-refractivity contribution in [2.24, 2.45) is 0 Å². The number of carbonyl (C=O) groups excluding carboxylic acids is 2. The lowest BCUT2D eigenvalue weighted by atomic mass is 9.97. The van der Waals surface area contributed by atoms with Crippen LogP contribution >= 0.6 is 0 Å². The summed E-state index contributed by atoms with van der Waals surface area (Å²) < 4.78 is 30.0. The molecule has 27 heavy (non-hydrogen) atoms. The van der Waals surface area contributed by atoms with Crippen molar-refractivity contribution in [2.45, 2.75) is 32.1 Å². The van der Waals surface area contributed by atoms with Gasteiger partial charge < -0.3 is 10.1 Å². The number of hydrogen-bond donors (Lipinski definition) is 1. The summed E-state index contributed by atoms with van der Waals surface area (Å²) in [4.78, 5) is 24.2. The van der Waals surface area contributed by atoms with Gasteiger partial charge in [0.25, 0.3) is 0 Å². The quantitative estimate of drug-likeness (QED) is 0.540. The molecule has 8 heteroatoms. The summed E-state index contributed by atoms with van der Waals surface area (Å²) in [5.74, 6) is -1.08. The highest BCUT2D eigenvalue weighted by Crippen LogP contribution is 2.21. The monoisotopic (exact) mass is 394 g/mol. The van der Waals surface area contributed by atoms with E-state index < -0.39 is 21.9 Å². The van der Waals surface area contributed by atoms with Gasteiger partial charge in [0.1, 0.15) is 0 Å². The van der Waals surface area contributed by atoms with Crippen molar-refractivity contribution in [2.75, 3.05) is 31.8 Å². The standard InChI is InChI=1S/C19H26N2O5S/c1-26-19(23)16-10-6-7-11-17(16)20-18(22)14-21(27(2,24)25)13-12-15-8-4-3-5-9-15/h6-8,10-11H,3-5,9,12-14H2,1-2H3,(H,20,22). The van der Waals surface area contributed by atoms with Gasteiger partial charge in [-0.15, -0.1) is 0 Å². The molecule has 0 aliphatic heterocycles. The number of esters is 1. The second-order valence-electron chi connectivity index (χ2n) is 6.54. The summed E-state index contributed by atoms with van der Waals surface area (Å²) in [5, 5.41) is 2.61. The number of nitrogens with one attached hydrogen (secondary N) is 1. The Morgan fingerprint density at radius 1 is 1.22 bits per heavy atom. The molecule has 0 atom stereocenters. The van der Waals surface area contributed by atoms with E-state index in [2.05, 4.69) is 11.4 Å². The van der Waals surface area contributed by atoms with Gasteiger partial charge in [0, 0.05) is 6.54 Å². The van der Waals surface area contributed by atoms with E-state index in [1.807, 2.05) is 0 Å². The third-order valence-corrected chi connectivity index (χ3v) is 5.71. The largest absolute Gasteiger partial charge is 0.465 e. The molecule has 1 aliphatic carbocycles. The minimum Gasteiger partial charge on any atom is -0.465 e. The maximum Gasteiger partial charge on any atom is 0.339 e. The summed E-state index contributed by atoms with van der Waals surface area (Å²) in [7, 11) is -2.27. The molecule has 2 rings (SSSR count). The highest BCUT2D eigenvalue weighted by atomic mass is 32.2. The Bertz CT molecular complexity index is 817. The molecule has 1 aromatic carbocycles. The predicted molar refractivity (Wildman–Crippen MR) is 104 cm³/mol. The number of methoxy groups -OCH3 is 1. The summed E-state index contributed by atoms with van der Waals surface area (Å²) in [6.07, 6.45) is 8.18. The summed E-state index contributed by atoms with van der Waals surface area (Å²) >= 11 is 0. The van der Waals surface area contributed by atoms with E-state index in [4.69, 9.17) is 4.74 Å². The number of para-hydroxylation sites is 1. The molecular weight excluding hydrogens is 368 g/mol. The number of allylic oxidation sites excluding steroid dienone is 1. The van der Waals surface area contributed by atoms with Crippen LogP contribution in [0.5, 0.6) is 0 Å². The van der Waals surface area contributed by atoms with Crippen LogP contribution in [0.15, 0.2) is 35.9 Å². The number of rotatable bonds is 8. The highest BCUT2D eigenvalue weighted by Gasteiger charge is 2.22.